The molecule has 0 amide bonds. The lowest BCUT2D eigenvalue weighted by atomic mass is 10.0. The van der Waals surface area contributed by atoms with E-state index in [2.05, 4.69) is 5.32 Å². The summed E-state index contributed by atoms with van der Waals surface area (Å²) in [6.07, 6.45) is -2.76. The fraction of sp³-hybridized carbons (Fsp3) is 0.571. The molecule has 0 saturated carbocycles. The van der Waals surface area contributed by atoms with Gasteiger partial charge >= 0.3 is 0 Å². The number of nitrogens with one attached hydrogen (secondary N) is 1. The maximum Gasteiger partial charge on any atom is 0.278 e. The largest absolute Gasteiger partial charge is 0.493 e. The summed E-state index contributed by atoms with van der Waals surface area (Å²) >= 11 is 0. The zero-order valence-corrected chi connectivity index (χ0v) is 15.4. The summed E-state index contributed by atoms with van der Waals surface area (Å²) in [4.78, 5) is 12.2. The molecule has 1 aliphatic rings. The number of ether oxygens (including phenoxy) is 2. The highest BCUT2D eigenvalue weighted by Gasteiger charge is 2.36. The molecule has 0 unspecified atom stereocenters. The number of benzene rings is 1. The first kappa shape index (κ1) is 23.6. The maximum absolute atomic E-state index is 13.7. The molecule has 1 aromatic rings. The second-order valence-corrected chi connectivity index (χ2v) is 5.09. The molecule has 2 rings (SSSR count). The number of hydrogen-bond donors (Lipinski definition) is 1. The Labute approximate surface area is 156 Å². The third-order valence-corrected chi connectivity index (χ3v) is 3.83. The van der Waals surface area contributed by atoms with E-state index in [0.717, 1.165) is 6.07 Å². The topological polar surface area (TPSA) is 76.9 Å². The highest BCUT2D eigenvalue weighted by molar-refractivity contribution is 5.85. The Morgan fingerprint density at radius 1 is 1.16 bits per heavy atom. The first-order valence-corrected chi connectivity index (χ1v) is 7.12. The van der Waals surface area contributed by atoms with Crippen LogP contribution >= 0.6 is 24.8 Å². The first-order chi connectivity index (χ1) is 11.0. The quantitative estimate of drug-likeness (QED) is 0.581. The minimum Gasteiger partial charge on any atom is -0.493 e. The molecule has 0 radical (unpaired) electrons. The van der Waals surface area contributed by atoms with E-state index in [9.17, 15) is 18.9 Å². The van der Waals surface area contributed by atoms with Crippen molar-refractivity contribution in [2.75, 3.05) is 40.4 Å². The molecule has 11 heteroatoms. The molecule has 1 aromatic carbocycles. The van der Waals surface area contributed by atoms with E-state index in [1.165, 1.54) is 20.3 Å². The minimum absolute atomic E-state index is 0. The Morgan fingerprint density at radius 2 is 1.68 bits per heavy atom. The van der Waals surface area contributed by atoms with Crippen molar-refractivity contribution in [3.05, 3.63) is 27.8 Å². The normalized spacial score (nSPS) is 15.7. The van der Waals surface area contributed by atoms with E-state index >= 15 is 0 Å². The number of nitrogens with zero attached hydrogens (tertiary/aromatic N) is 2. The van der Waals surface area contributed by atoms with Crippen molar-refractivity contribution in [2.24, 2.45) is 0 Å². The van der Waals surface area contributed by atoms with Crippen molar-refractivity contribution < 1.29 is 23.2 Å². The smallest absolute Gasteiger partial charge is 0.278 e. The zero-order valence-electron chi connectivity index (χ0n) is 13.7. The predicted octanol–water partition coefficient (Wildman–Crippen LogP) is 2.67. The summed E-state index contributed by atoms with van der Waals surface area (Å²) in [7, 11) is 2.69. The lowest BCUT2D eigenvalue weighted by molar-refractivity contribution is -0.386. The lowest BCUT2D eigenvalue weighted by Gasteiger charge is -2.34. The van der Waals surface area contributed by atoms with Crippen molar-refractivity contribution >= 4 is 30.5 Å². The van der Waals surface area contributed by atoms with Gasteiger partial charge in [0.05, 0.1) is 30.8 Å². The van der Waals surface area contributed by atoms with Crippen LogP contribution in [-0.4, -0.2) is 56.6 Å². The van der Waals surface area contributed by atoms with E-state index < -0.39 is 23.1 Å². The van der Waals surface area contributed by atoms with Crippen LogP contribution in [0.4, 0.5) is 14.5 Å². The number of alkyl halides is 2. The molecule has 1 heterocycles. The fourth-order valence-electron chi connectivity index (χ4n) is 2.73. The van der Waals surface area contributed by atoms with Gasteiger partial charge in [-0.25, -0.2) is 8.78 Å². The van der Waals surface area contributed by atoms with Gasteiger partial charge in [-0.15, -0.1) is 24.8 Å². The molecular formula is C14H21Cl2F2N3O4. The Bertz CT molecular complexity index is 575. The van der Waals surface area contributed by atoms with Gasteiger partial charge < -0.3 is 14.8 Å². The Morgan fingerprint density at radius 3 is 2.12 bits per heavy atom. The van der Waals surface area contributed by atoms with E-state index in [1.54, 1.807) is 4.90 Å². The molecule has 0 aliphatic carbocycles. The molecule has 1 N–H and O–H groups in total. The summed E-state index contributed by atoms with van der Waals surface area (Å²) in [5.74, 6) is 0.324. The molecule has 0 bridgehead atoms. The van der Waals surface area contributed by atoms with E-state index in [4.69, 9.17) is 9.47 Å². The zero-order chi connectivity index (χ0) is 17.0. The summed E-state index contributed by atoms with van der Waals surface area (Å²) in [5, 5.41) is 14.4. The standard InChI is InChI=1S/C14H19F2N3O4.2ClH/c1-22-11-7-9(10(19(20)21)8-12(11)23-2)13(14(15)16)18-5-3-17-4-6-18;;/h7-8,13-14,17H,3-6H2,1-2H3;2*1H/t13-;;/m1../s1. The number of methoxy groups -OCH3 is 2. The number of piperazine rings is 1. The third kappa shape index (κ3) is 5.27. The monoisotopic (exact) mass is 403 g/mol. The van der Waals surface area contributed by atoms with E-state index in [-0.39, 0.29) is 41.9 Å². The van der Waals surface area contributed by atoms with Gasteiger partial charge in [-0.05, 0) is 6.07 Å². The number of halogens is 4. The number of rotatable bonds is 6. The minimum atomic E-state index is -2.76. The van der Waals surface area contributed by atoms with Crippen LogP contribution in [-0.2, 0) is 0 Å². The van der Waals surface area contributed by atoms with Crippen LogP contribution in [0.15, 0.2) is 12.1 Å². The van der Waals surface area contributed by atoms with Crippen LogP contribution in [0.25, 0.3) is 0 Å². The van der Waals surface area contributed by atoms with Crippen LogP contribution in [0.2, 0.25) is 0 Å². The molecular weight excluding hydrogens is 383 g/mol. The van der Waals surface area contributed by atoms with Crippen LogP contribution in [0.3, 0.4) is 0 Å². The average molecular weight is 404 g/mol. The molecule has 144 valence electrons. The Balaban J connectivity index is 0.00000288. The van der Waals surface area contributed by atoms with Crippen LogP contribution < -0.4 is 14.8 Å². The molecule has 7 nitrogen and oxygen atoms in total. The molecule has 0 spiro atoms. The molecule has 0 aromatic heterocycles. The van der Waals surface area contributed by atoms with Crippen molar-refractivity contribution in [3.63, 3.8) is 0 Å². The second kappa shape index (κ2) is 10.5. The Kier molecular flexibility index (Phi) is 9.95. The van der Waals surface area contributed by atoms with E-state index in [1.807, 2.05) is 0 Å². The summed E-state index contributed by atoms with van der Waals surface area (Å²) in [6, 6.07) is 1.04. The maximum atomic E-state index is 13.7. The van der Waals surface area contributed by atoms with Gasteiger partial charge in [0.25, 0.3) is 12.1 Å². The predicted molar refractivity (Wildman–Crippen MR) is 93.9 cm³/mol. The van der Waals surface area contributed by atoms with Crippen molar-refractivity contribution in [1.29, 1.82) is 0 Å². The third-order valence-electron chi connectivity index (χ3n) is 3.83. The molecule has 1 fully saturated rings. The number of hydrogen-bond acceptors (Lipinski definition) is 6. The van der Waals surface area contributed by atoms with Gasteiger partial charge in [-0.2, -0.15) is 0 Å². The molecule has 1 atom stereocenters. The van der Waals surface area contributed by atoms with Gasteiger partial charge in [0.1, 0.15) is 6.04 Å². The summed E-state index contributed by atoms with van der Waals surface area (Å²) < 4.78 is 37.5. The summed E-state index contributed by atoms with van der Waals surface area (Å²) in [5.41, 5.74) is -0.462. The van der Waals surface area contributed by atoms with E-state index in [0.29, 0.717) is 26.2 Å². The second-order valence-electron chi connectivity index (χ2n) is 5.09. The Hall–Kier alpha value is -1.42. The van der Waals surface area contributed by atoms with Crippen molar-refractivity contribution in [3.8, 4) is 11.5 Å². The van der Waals surface area contributed by atoms with Crippen LogP contribution in [0.1, 0.15) is 11.6 Å². The lowest BCUT2D eigenvalue weighted by Crippen LogP contribution is -2.47. The first-order valence-electron chi connectivity index (χ1n) is 7.12. The van der Waals surface area contributed by atoms with Crippen molar-refractivity contribution in [2.45, 2.75) is 12.5 Å². The van der Waals surface area contributed by atoms with Gasteiger partial charge in [0.2, 0.25) is 0 Å². The highest BCUT2D eigenvalue weighted by Crippen LogP contribution is 2.41. The SMILES string of the molecule is COc1cc([C@H](C(F)F)N2CCNCC2)c([N+](=O)[O-])cc1OC.Cl.Cl. The van der Waals surface area contributed by atoms with Gasteiger partial charge in [0, 0.05) is 26.2 Å². The van der Waals surface area contributed by atoms with Gasteiger partial charge in [0.15, 0.2) is 11.5 Å². The fourth-order valence-corrected chi connectivity index (χ4v) is 2.73. The average Bonchev–Trinajstić information content (AvgIpc) is 2.54. The number of nitro groups is 1. The van der Waals surface area contributed by atoms with Crippen LogP contribution in [0.5, 0.6) is 11.5 Å². The van der Waals surface area contributed by atoms with Crippen molar-refractivity contribution in [1.82, 2.24) is 10.2 Å². The van der Waals surface area contributed by atoms with Crippen LogP contribution in [0, 0.1) is 10.1 Å². The van der Waals surface area contributed by atoms with Gasteiger partial charge in [-0.1, -0.05) is 0 Å². The molecule has 1 aliphatic heterocycles. The molecule has 25 heavy (non-hydrogen) atoms. The highest BCUT2D eigenvalue weighted by atomic mass is 35.5. The van der Waals surface area contributed by atoms with Gasteiger partial charge in [-0.3, -0.25) is 15.0 Å². The number of nitro benzene ring substituents is 1. The summed E-state index contributed by atoms with van der Waals surface area (Å²) in [6.45, 7) is 1.90. The molecule has 1 saturated heterocycles.